The zero-order chi connectivity index (χ0) is 13.1. The Morgan fingerprint density at radius 3 is 2.78 bits per heavy atom. The molecular formula is C14H21N3S. The summed E-state index contributed by atoms with van der Waals surface area (Å²) in [6.45, 7) is 2.77. The third-order valence-electron chi connectivity index (χ3n) is 3.28. The van der Waals surface area contributed by atoms with E-state index in [-0.39, 0.29) is 0 Å². The van der Waals surface area contributed by atoms with Gasteiger partial charge in [-0.25, -0.2) is 0 Å². The molecule has 0 spiro atoms. The summed E-state index contributed by atoms with van der Waals surface area (Å²) in [5, 5.41) is 5.62. The van der Waals surface area contributed by atoms with Crippen molar-refractivity contribution in [2.75, 3.05) is 19.4 Å². The minimum atomic E-state index is 0.602. The molecule has 1 aromatic rings. The summed E-state index contributed by atoms with van der Waals surface area (Å²) in [6.07, 6.45) is 4.42. The predicted molar refractivity (Wildman–Crippen MR) is 79.5 cm³/mol. The number of nitrogens with zero attached hydrogens (tertiary/aromatic N) is 1. The van der Waals surface area contributed by atoms with Crippen LogP contribution in [0.15, 0.2) is 34.5 Å². The molecule has 2 rings (SSSR count). The highest BCUT2D eigenvalue weighted by molar-refractivity contribution is 7.10. The molecule has 0 saturated carbocycles. The molecule has 0 aromatic carbocycles. The van der Waals surface area contributed by atoms with Crippen LogP contribution >= 0.6 is 11.3 Å². The highest BCUT2D eigenvalue weighted by Crippen LogP contribution is 2.29. The van der Waals surface area contributed by atoms with Gasteiger partial charge in [0, 0.05) is 36.9 Å². The van der Waals surface area contributed by atoms with Crippen molar-refractivity contribution in [2.45, 2.75) is 26.3 Å². The van der Waals surface area contributed by atoms with Crippen LogP contribution in [0.4, 0.5) is 5.69 Å². The minimum absolute atomic E-state index is 0.602. The van der Waals surface area contributed by atoms with E-state index in [1.165, 1.54) is 27.5 Å². The maximum absolute atomic E-state index is 5.73. The minimum Gasteiger partial charge on any atom is -0.381 e. The summed E-state index contributed by atoms with van der Waals surface area (Å²) in [7, 11) is 4.20. The molecule has 1 aliphatic carbocycles. The third-order valence-corrected chi connectivity index (χ3v) is 4.22. The summed E-state index contributed by atoms with van der Waals surface area (Å²) >= 11 is 1.71. The van der Waals surface area contributed by atoms with Gasteiger partial charge in [0.25, 0.3) is 0 Å². The molecule has 18 heavy (non-hydrogen) atoms. The monoisotopic (exact) mass is 263 g/mol. The number of rotatable bonds is 4. The molecule has 0 radical (unpaired) electrons. The smallest absolute Gasteiger partial charge is 0.0536 e. The molecule has 1 aliphatic rings. The number of allylic oxidation sites excluding steroid dienone is 4. The standard InChI is InChI=1S/C14H21N3S/c1-10-8-11(17(2)3)4-5-12(10)16-13-6-7-18-14(13)9-15/h6-8,16H,4-5,9,15H2,1-3H3. The van der Waals surface area contributed by atoms with Gasteiger partial charge in [-0.3, -0.25) is 0 Å². The second kappa shape index (κ2) is 5.59. The van der Waals surface area contributed by atoms with E-state index in [0.29, 0.717) is 6.54 Å². The lowest BCUT2D eigenvalue weighted by molar-refractivity contribution is 0.482. The number of hydrogen-bond acceptors (Lipinski definition) is 4. The molecular weight excluding hydrogens is 242 g/mol. The van der Waals surface area contributed by atoms with Crippen molar-refractivity contribution in [3.8, 4) is 0 Å². The van der Waals surface area contributed by atoms with Crippen LogP contribution in [0.2, 0.25) is 0 Å². The first-order chi connectivity index (χ1) is 8.61. The zero-order valence-electron chi connectivity index (χ0n) is 11.3. The van der Waals surface area contributed by atoms with E-state index in [4.69, 9.17) is 5.73 Å². The third kappa shape index (κ3) is 2.76. The fourth-order valence-corrected chi connectivity index (χ4v) is 2.86. The summed E-state index contributed by atoms with van der Waals surface area (Å²) < 4.78 is 0. The second-order valence-electron chi connectivity index (χ2n) is 4.78. The van der Waals surface area contributed by atoms with E-state index in [0.717, 1.165) is 12.8 Å². The Bertz CT molecular complexity index is 483. The summed E-state index contributed by atoms with van der Waals surface area (Å²) in [5.74, 6) is 0. The Morgan fingerprint density at radius 2 is 2.17 bits per heavy atom. The first-order valence-electron chi connectivity index (χ1n) is 6.23. The van der Waals surface area contributed by atoms with E-state index in [2.05, 4.69) is 48.8 Å². The van der Waals surface area contributed by atoms with Crippen molar-refractivity contribution in [3.05, 3.63) is 39.4 Å². The van der Waals surface area contributed by atoms with Crippen molar-refractivity contribution in [1.29, 1.82) is 0 Å². The summed E-state index contributed by atoms with van der Waals surface area (Å²) in [6, 6.07) is 2.11. The van der Waals surface area contributed by atoms with Crippen LogP contribution in [0.25, 0.3) is 0 Å². The van der Waals surface area contributed by atoms with Gasteiger partial charge >= 0.3 is 0 Å². The lowest BCUT2D eigenvalue weighted by Crippen LogP contribution is -2.16. The normalized spacial score (nSPS) is 15.7. The number of hydrogen-bond donors (Lipinski definition) is 2. The summed E-state index contributed by atoms with van der Waals surface area (Å²) in [4.78, 5) is 3.41. The van der Waals surface area contributed by atoms with Crippen molar-refractivity contribution in [2.24, 2.45) is 5.73 Å². The Labute approximate surface area is 113 Å². The van der Waals surface area contributed by atoms with Gasteiger partial charge in [-0.15, -0.1) is 11.3 Å². The number of thiophene rings is 1. The van der Waals surface area contributed by atoms with Crippen LogP contribution in [0.5, 0.6) is 0 Å². The Kier molecular flexibility index (Phi) is 4.09. The van der Waals surface area contributed by atoms with Gasteiger partial charge < -0.3 is 16.0 Å². The fourth-order valence-electron chi connectivity index (χ4n) is 2.15. The van der Waals surface area contributed by atoms with Crippen LogP contribution in [-0.4, -0.2) is 19.0 Å². The van der Waals surface area contributed by atoms with Gasteiger partial charge in [-0.1, -0.05) is 0 Å². The van der Waals surface area contributed by atoms with Gasteiger partial charge in [0.2, 0.25) is 0 Å². The molecule has 0 aliphatic heterocycles. The Morgan fingerprint density at radius 1 is 1.39 bits per heavy atom. The molecule has 4 heteroatoms. The van der Waals surface area contributed by atoms with Gasteiger partial charge in [-0.05, 0) is 42.9 Å². The van der Waals surface area contributed by atoms with E-state index in [1.807, 2.05) is 0 Å². The van der Waals surface area contributed by atoms with Gasteiger partial charge in [0.15, 0.2) is 0 Å². The van der Waals surface area contributed by atoms with Crippen molar-refractivity contribution < 1.29 is 0 Å². The maximum Gasteiger partial charge on any atom is 0.0536 e. The maximum atomic E-state index is 5.73. The molecule has 0 saturated heterocycles. The second-order valence-corrected chi connectivity index (χ2v) is 5.78. The molecule has 0 bridgehead atoms. The molecule has 0 atom stereocenters. The molecule has 0 amide bonds. The molecule has 0 unspecified atom stereocenters. The van der Waals surface area contributed by atoms with Gasteiger partial charge in [0.1, 0.15) is 0 Å². The Hall–Kier alpha value is -1.26. The highest BCUT2D eigenvalue weighted by Gasteiger charge is 2.13. The first-order valence-corrected chi connectivity index (χ1v) is 7.11. The van der Waals surface area contributed by atoms with Crippen LogP contribution in [-0.2, 0) is 6.54 Å². The predicted octanol–water partition coefficient (Wildman–Crippen LogP) is 3.13. The topological polar surface area (TPSA) is 41.3 Å². The van der Waals surface area contributed by atoms with Crippen LogP contribution < -0.4 is 11.1 Å². The van der Waals surface area contributed by atoms with Gasteiger partial charge in [0.05, 0.1) is 5.69 Å². The van der Waals surface area contributed by atoms with Crippen molar-refractivity contribution in [3.63, 3.8) is 0 Å². The van der Waals surface area contributed by atoms with E-state index in [1.54, 1.807) is 11.3 Å². The van der Waals surface area contributed by atoms with Crippen LogP contribution in [0.3, 0.4) is 0 Å². The van der Waals surface area contributed by atoms with Crippen LogP contribution in [0, 0.1) is 0 Å². The largest absolute Gasteiger partial charge is 0.381 e. The molecule has 0 fully saturated rings. The number of nitrogens with one attached hydrogen (secondary N) is 1. The molecule has 1 heterocycles. The zero-order valence-corrected chi connectivity index (χ0v) is 12.1. The first kappa shape index (κ1) is 13.2. The summed E-state index contributed by atoms with van der Waals surface area (Å²) in [5.41, 5.74) is 10.9. The van der Waals surface area contributed by atoms with Crippen LogP contribution in [0.1, 0.15) is 24.6 Å². The van der Waals surface area contributed by atoms with Crippen molar-refractivity contribution in [1.82, 2.24) is 4.90 Å². The molecule has 98 valence electrons. The SMILES string of the molecule is CC1=C(Nc2ccsc2CN)CCC(N(C)C)=C1. The lowest BCUT2D eigenvalue weighted by Gasteiger charge is -2.24. The quantitative estimate of drug-likeness (QED) is 0.877. The number of anilines is 1. The Balaban J connectivity index is 2.18. The molecule has 1 aromatic heterocycles. The average Bonchev–Trinajstić information content (AvgIpc) is 2.78. The highest BCUT2D eigenvalue weighted by atomic mass is 32.1. The average molecular weight is 263 g/mol. The lowest BCUT2D eigenvalue weighted by atomic mass is 10.0. The van der Waals surface area contributed by atoms with Crippen molar-refractivity contribution >= 4 is 17.0 Å². The molecule has 3 nitrogen and oxygen atoms in total. The van der Waals surface area contributed by atoms with Gasteiger partial charge in [-0.2, -0.15) is 0 Å². The number of nitrogens with two attached hydrogens (primary N) is 1. The van der Waals surface area contributed by atoms with E-state index >= 15 is 0 Å². The fraction of sp³-hybridized carbons (Fsp3) is 0.429. The van der Waals surface area contributed by atoms with E-state index < -0.39 is 0 Å². The molecule has 3 N–H and O–H groups in total. The van der Waals surface area contributed by atoms with E-state index in [9.17, 15) is 0 Å².